The van der Waals surface area contributed by atoms with Crippen molar-refractivity contribution in [2.75, 3.05) is 0 Å². The topological polar surface area (TPSA) is 30.2 Å². The van der Waals surface area contributed by atoms with Crippen LogP contribution in [0.4, 0.5) is 0 Å². The quantitative estimate of drug-likeness (QED) is 0.414. The lowest BCUT2D eigenvalue weighted by Gasteiger charge is -2.16. The smallest absolute Gasteiger partial charge is 0.110 e. The van der Waals surface area contributed by atoms with Crippen molar-refractivity contribution < 1.29 is 0 Å². The van der Waals surface area contributed by atoms with Gasteiger partial charge < -0.3 is 0 Å². The van der Waals surface area contributed by atoms with Gasteiger partial charge in [-0.15, -0.1) is 0 Å². The van der Waals surface area contributed by atoms with Gasteiger partial charge in [0, 0.05) is 11.8 Å². The van der Waals surface area contributed by atoms with Gasteiger partial charge in [0.25, 0.3) is 0 Å². The van der Waals surface area contributed by atoms with E-state index in [1.54, 1.807) is 0 Å². The second kappa shape index (κ2) is 15.3. The van der Waals surface area contributed by atoms with Gasteiger partial charge in [0.1, 0.15) is 11.9 Å². The summed E-state index contributed by atoms with van der Waals surface area (Å²) in [4.78, 5) is 9.21. The van der Waals surface area contributed by atoms with Crippen molar-refractivity contribution in [1.82, 2.24) is 9.55 Å². The van der Waals surface area contributed by atoms with Crippen molar-refractivity contribution in [3.05, 3.63) is 83.4 Å². The first-order valence-corrected chi connectivity index (χ1v) is 11.1. The Hall–Kier alpha value is -2.68. The van der Waals surface area contributed by atoms with Gasteiger partial charge in [-0.1, -0.05) is 104 Å². The van der Waals surface area contributed by atoms with Crippen molar-refractivity contribution in [3.63, 3.8) is 0 Å². The molecule has 1 unspecified atom stereocenters. The molecule has 158 valence electrons. The molecule has 0 radical (unpaired) electrons. The second-order valence-electron chi connectivity index (χ2n) is 5.22. The van der Waals surface area contributed by atoms with E-state index in [1.807, 2.05) is 80.8 Å². The molecule has 0 amide bonds. The van der Waals surface area contributed by atoms with Crippen LogP contribution < -0.4 is 0 Å². The van der Waals surface area contributed by atoms with E-state index in [4.69, 9.17) is 4.99 Å². The Labute approximate surface area is 178 Å². The molecule has 1 aliphatic rings. The van der Waals surface area contributed by atoms with Crippen LogP contribution in [0.2, 0.25) is 0 Å². The highest BCUT2D eigenvalue weighted by Gasteiger charge is 2.21. The van der Waals surface area contributed by atoms with Crippen LogP contribution in [0.25, 0.3) is 5.69 Å². The van der Waals surface area contributed by atoms with E-state index in [0.717, 1.165) is 17.2 Å². The van der Waals surface area contributed by atoms with E-state index in [-0.39, 0.29) is 6.04 Å². The largest absolute Gasteiger partial charge is 0.295 e. The van der Waals surface area contributed by atoms with Crippen molar-refractivity contribution in [3.8, 4) is 5.69 Å². The lowest BCUT2D eigenvalue weighted by Crippen LogP contribution is -2.05. The van der Waals surface area contributed by atoms with E-state index in [0.29, 0.717) is 0 Å². The van der Waals surface area contributed by atoms with Gasteiger partial charge in [0.05, 0.1) is 17.6 Å². The first kappa shape index (κ1) is 26.3. The van der Waals surface area contributed by atoms with Crippen LogP contribution in [0.1, 0.15) is 84.1 Å². The lowest BCUT2D eigenvalue weighted by atomic mass is 9.98. The highest BCUT2D eigenvalue weighted by molar-refractivity contribution is 5.80. The Morgan fingerprint density at radius 2 is 1.28 bits per heavy atom. The summed E-state index contributed by atoms with van der Waals surface area (Å²) < 4.78 is 2.17. The zero-order chi connectivity index (χ0) is 22.2. The molecule has 1 atom stereocenters. The van der Waals surface area contributed by atoms with Crippen molar-refractivity contribution in [1.29, 1.82) is 0 Å². The molecule has 3 nitrogen and oxygen atoms in total. The predicted molar refractivity (Wildman–Crippen MR) is 130 cm³/mol. The SMILES string of the molecule is CC.CC.CC.CC.Cc1ncc2n1-c1ccccc1C(c1ccccc1)N=C2. The van der Waals surface area contributed by atoms with E-state index in [1.165, 1.54) is 11.1 Å². The molecule has 0 saturated carbocycles. The normalized spacial score (nSPS) is 12.5. The summed E-state index contributed by atoms with van der Waals surface area (Å²) in [5.74, 6) is 0.984. The Morgan fingerprint density at radius 1 is 0.724 bits per heavy atom. The summed E-state index contributed by atoms with van der Waals surface area (Å²) in [5, 5.41) is 0. The molecule has 1 aliphatic heterocycles. The number of para-hydroxylation sites is 1. The van der Waals surface area contributed by atoms with E-state index < -0.39 is 0 Å². The number of rotatable bonds is 1. The standard InChI is InChI=1S/C18H15N3.4C2H6/c1-13-19-11-15-12-20-18(14-7-3-2-4-8-14)16-9-5-6-10-17(16)21(13)15;4*1-2/h2-12,18H,1H3;4*1-2H3. The third-order valence-electron chi connectivity index (χ3n) is 3.91. The zero-order valence-corrected chi connectivity index (χ0v) is 19.8. The van der Waals surface area contributed by atoms with Gasteiger partial charge in [-0.2, -0.15) is 0 Å². The average Bonchev–Trinajstić information content (AvgIpc) is 3.11. The van der Waals surface area contributed by atoms with Crippen LogP contribution >= 0.6 is 0 Å². The molecule has 0 aliphatic carbocycles. The summed E-state index contributed by atoms with van der Waals surface area (Å²) in [5.41, 5.74) is 4.60. The van der Waals surface area contributed by atoms with Crippen LogP contribution in [-0.4, -0.2) is 15.8 Å². The fourth-order valence-electron chi connectivity index (χ4n) is 2.92. The number of aliphatic imine (C=N–C) groups is 1. The second-order valence-corrected chi connectivity index (χ2v) is 5.22. The van der Waals surface area contributed by atoms with Crippen molar-refractivity contribution in [2.45, 2.75) is 68.4 Å². The van der Waals surface area contributed by atoms with Gasteiger partial charge in [-0.25, -0.2) is 4.98 Å². The summed E-state index contributed by atoms with van der Waals surface area (Å²) in [6, 6.07) is 18.9. The first-order chi connectivity index (χ1) is 14.3. The number of imidazole rings is 1. The van der Waals surface area contributed by atoms with Gasteiger partial charge in [0.2, 0.25) is 0 Å². The highest BCUT2D eigenvalue weighted by Crippen LogP contribution is 2.33. The molecule has 3 heteroatoms. The van der Waals surface area contributed by atoms with Crippen molar-refractivity contribution in [2.24, 2.45) is 4.99 Å². The number of nitrogens with zero attached hydrogens (tertiary/aromatic N) is 3. The maximum atomic E-state index is 4.80. The van der Waals surface area contributed by atoms with Crippen molar-refractivity contribution >= 4 is 6.21 Å². The maximum absolute atomic E-state index is 4.80. The molecule has 0 spiro atoms. The highest BCUT2D eigenvalue weighted by atomic mass is 15.1. The van der Waals surface area contributed by atoms with E-state index in [2.05, 4.69) is 58.1 Å². The Balaban J connectivity index is 0.000000881. The third kappa shape index (κ3) is 6.42. The molecular weight excluding hydrogens is 354 g/mol. The predicted octanol–water partition coefficient (Wildman–Crippen LogP) is 7.81. The monoisotopic (exact) mass is 393 g/mol. The summed E-state index contributed by atoms with van der Waals surface area (Å²) >= 11 is 0. The molecule has 2 heterocycles. The van der Waals surface area contributed by atoms with Crippen LogP contribution in [0.5, 0.6) is 0 Å². The molecular formula is C26H39N3. The Kier molecular flexibility index (Phi) is 13.9. The number of aryl methyl sites for hydroxylation is 1. The van der Waals surface area contributed by atoms with Crippen LogP contribution in [0.3, 0.4) is 0 Å². The van der Waals surface area contributed by atoms with E-state index in [9.17, 15) is 0 Å². The molecule has 2 aromatic carbocycles. The maximum Gasteiger partial charge on any atom is 0.110 e. The molecule has 1 aromatic heterocycles. The molecule has 0 N–H and O–H groups in total. The fraction of sp³-hybridized carbons (Fsp3) is 0.385. The zero-order valence-electron chi connectivity index (χ0n) is 19.8. The fourth-order valence-corrected chi connectivity index (χ4v) is 2.92. The summed E-state index contributed by atoms with van der Waals surface area (Å²) in [6.45, 7) is 18.0. The van der Waals surface area contributed by atoms with Crippen LogP contribution in [0, 0.1) is 6.92 Å². The van der Waals surface area contributed by atoms with Gasteiger partial charge in [-0.05, 0) is 18.6 Å². The third-order valence-corrected chi connectivity index (χ3v) is 3.91. The first-order valence-electron chi connectivity index (χ1n) is 11.1. The molecule has 29 heavy (non-hydrogen) atoms. The van der Waals surface area contributed by atoms with Gasteiger partial charge >= 0.3 is 0 Å². The van der Waals surface area contributed by atoms with Crippen LogP contribution in [-0.2, 0) is 0 Å². The Morgan fingerprint density at radius 3 is 1.90 bits per heavy atom. The lowest BCUT2D eigenvalue weighted by molar-refractivity contribution is 0.862. The minimum absolute atomic E-state index is 0.0294. The molecule has 4 rings (SSSR count). The molecule has 0 saturated heterocycles. The summed E-state index contributed by atoms with van der Waals surface area (Å²) in [6.07, 6.45) is 3.81. The minimum atomic E-state index is 0.0294. The number of aromatic nitrogens is 2. The van der Waals surface area contributed by atoms with E-state index >= 15 is 0 Å². The van der Waals surface area contributed by atoms with Gasteiger partial charge in [0.15, 0.2) is 0 Å². The minimum Gasteiger partial charge on any atom is -0.295 e. The number of fused-ring (bicyclic) bond motifs is 3. The average molecular weight is 394 g/mol. The molecule has 0 bridgehead atoms. The Bertz CT molecular complexity index is 817. The molecule has 3 aromatic rings. The number of benzene rings is 2. The summed E-state index contributed by atoms with van der Waals surface area (Å²) in [7, 11) is 0. The van der Waals surface area contributed by atoms with Gasteiger partial charge in [-0.3, -0.25) is 9.56 Å². The molecule has 0 fully saturated rings. The number of hydrogen-bond acceptors (Lipinski definition) is 2. The number of hydrogen-bond donors (Lipinski definition) is 0. The van der Waals surface area contributed by atoms with Crippen LogP contribution in [0.15, 0.2) is 65.8 Å².